The van der Waals surface area contributed by atoms with Crippen LogP contribution in [0.15, 0.2) is 49.3 Å². The van der Waals surface area contributed by atoms with Crippen molar-refractivity contribution in [3.63, 3.8) is 0 Å². The van der Waals surface area contributed by atoms with Crippen molar-refractivity contribution >= 4 is 17.4 Å². The average molecular weight is 494 g/mol. The second kappa shape index (κ2) is 10.1. The molecule has 1 unspecified atom stereocenters. The van der Waals surface area contributed by atoms with Crippen LogP contribution >= 0.6 is 0 Å². The molecule has 1 aromatic heterocycles. The zero-order valence-corrected chi connectivity index (χ0v) is 18.1. The SMILES string of the molecule is C=C(Cc1cnccc1C(=O)NCC(=O)N1CC(F)(F)CC1C#N)c1ccc(OC(F)(F)F)cc1. The van der Waals surface area contributed by atoms with Crippen LogP contribution in [0.5, 0.6) is 5.75 Å². The number of pyridine rings is 1. The van der Waals surface area contributed by atoms with Gasteiger partial charge in [-0.1, -0.05) is 18.7 Å². The first-order valence-corrected chi connectivity index (χ1v) is 10.2. The van der Waals surface area contributed by atoms with Crippen LogP contribution in [0.1, 0.15) is 27.9 Å². The second-order valence-corrected chi connectivity index (χ2v) is 7.79. The molecule has 12 heteroatoms. The van der Waals surface area contributed by atoms with Crippen LogP contribution < -0.4 is 10.1 Å². The summed E-state index contributed by atoms with van der Waals surface area (Å²) in [4.78, 5) is 29.7. The van der Waals surface area contributed by atoms with Crippen molar-refractivity contribution < 1.29 is 36.3 Å². The van der Waals surface area contributed by atoms with Crippen LogP contribution in [0.25, 0.3) is 5.57 Å². The Kier molecular flexibility index (Phi) is 7.38. The van der Waals surface area contributed by atoms with Gasteiger partial charge in [0.15, 0.2) is 0 Å². The maximum Gasteiger partial charge on any atom is 0.573 e. The number of alkyl halides is 5. The highest BCUT2D eigenvalue weighted by Crippen LogP contribution is 2.31. The average Bonchev–Trinajstić information content (AvgIpc) is 3.11. The van der Waals surface area contributed by atoms with Crippen molar-refractivity contribution in [2.75, 3.05) is 13.1 Å². The van der Waals surface area contributed by atoms with Crippen LogP contribution in [0, 0.1) is 11.3 Å². The molecular formula is C23H19F5N4O3. The van der Waals surface area contributed by atoms with Crippen molar-refractivity contribution in [3.05, 3.63) is 66.0 Å². The Labute approximate surface area is 196 Å². The van der Waals surface area contributed by atoms with E-state index in [0.717, 1.165) is 17.0 Å². The molecule has 1 aliphatic heterocycles. The lowest BCUT2D eigenvalue weighted by Crippen LogP contribution is -2.43. The quantitative estimate of drug-likeness (QED) is 0.592. The maximum absolute atomic E-state index is 13.6. The molecule has 35 heavy (non-hydrogen) atoms. The summed E-state index contributed by atoms with van der Waals surface area (Å²) in [6, 6.07) is 6.81. The van der Waals surface area contributed by atoms with Gasteiger partial charge in [0.1, 0.15) is 11.8 Å². The fourth-order valence-electron chi connectivity index (χ4n) is 3.56. The van der Waals surface area contributed by atoms with Crippen LogP contribution in [-0.4, -0.2) is 53.1 Å². The van der Waals surface area contributed by atoms with Gasteiger partial charge in [0, 0.05) is 24.4 Å². The third-order valence-corrected chi connectivity index (χ3v) is 5.19. The molecular weight excluding hydrogens is 475 g/mol. The van der Waals surface area contributed by atoms with E-state index in [1.807, 2.05) is 0 Å². The molecule has 3 rings (SSSR count). The third kappa shape index (κ3) is 6.75. The Morgan fingerprint density at radius 2 is 1.94 bits per heavy atom. The fraction of sp³-hybridized carbons (Fsp3) is 0.304. The first-order chi connectivity index (χ1) is 16.4. The van der Waals surface area contributed by atoms with Gasteiger partial charge in [-0.05, 0) is 41.3 Å². The van der Waals surface area contributed by atoms with Gasteiger partial charge in [0.25, 0.3) is 11.8 Å². The van der Waals surface area contributed by atoms with E-state index >= 15 is 0 Å². The highest BCUT2D eigenvalue weighted by Gasteiger charge is 2.47. The van der Waals surface area contributed by atoms with Gasteiger partial charge in [-0.2, -0.15) is 5.26 Å². The minimum absolute atomic E-state index is 0.110. The minimum Gasteiger partial charge on any atom is -0.406 e. The summed E-state index contributed by atoms with van der Waals surface area (Å²) >= 11 is 0. The standard InChI is InChI=1S/C23H19F5N4O3/c1-14(15-2-4-18(5-3-15)35-23(26,27)28)8-16-11-30-7-6-19(16)21(34)31-12-20(33)32-13-22(24,25)9-17(32)10-29/h2-7,11,17H,1,8-9,12-13H2,(H,31,34). The molecule has 1 aromatic carbocycles. The molecule has 2 amide bonds. The number of nitriles is 1. The van der Waals surface area contributed by atoms with Gasteiger partial charge in [-0.15, -0.1) is 13.2 Å². The predicted molar refractivity (Wildman–Crippen MR) is 113 cm³/mol. The first kappa shape index (κ1) is 25.6. The van der Waals surface area contributed by atoms with E-state index in [2.05, 4.69) is 21.6 Å². The number of nitrogens with one attached hydrogen (secondary N) is 1. The number of carbonyl (C=O) groups excluding carboxylic acids is 2. The number of amides is 2. The van der Waals surface area contributed by atoms with Gasteiger partial charge in [0.05, 0.1) is 19.2 Å². The smallest absolute Gasteiger partial charge is 0.406 e. The lowest BCUT2D eigenvalue weighted by Gasteiger charge is -2.19. The summed E-state index contributed by atoms with van der Waals surface area (Å²) in [5.41, 5.74) is 1.54. The first-order valence-electron chi connectivity index (χ1n) is 10.2. The van der Waals surface area contributed by atoms with E-state index < -0.39 is 55.4 Å². The Morgan fingerprint density at radius 1 is 1.26 bits per heavy atom. The molecule has 1 N–H and O–H groups in total. The fourth-order valence-corrected chi connectivity index (χ4v) is 3.56. The summed E-state index contributed by atoms with van der Waals surface area (Å²) in [6.45, 7) is 2.42. The van der Waals surface area contributed by atoms with E-state index in [9.17, 15) is 31.5 Å². The number of nitrogens with zero attached hydrogens (tertiary/aromatic N) is 3. The van der Waals surface area contributed by atoms with Crippen molar-refractivity contribution in [1.29, 1.82) is 5.26 Å². The monoisotopic (exact) mass is 494 g/mol. The highest BCUT2D eigenvalue weighted by atomic mass is 19.4. The summed E-state index contributed by atoms with van der Waals surface area (Å²) in [7, 11) is 0. The topological polar surface area (TPSA) is 95.3 Å². The number of ether oxygens (including phenoxy) is 1. The highest BCUT2D eigenvalue weighted by molar-refractivity contribution is 5.98. The molecule has 1 fully saturated rings. The number of carbonyl (C=O) groups is 2. The number of halogens is 5. The number of allylic oxidation sites excluding steroid dienone is 1. The zero-order valence-electron chi connectivity index (χ0n) is 18.1. The molecule has 0 bridgehead atoms. The molecule has 1 atom stereocenters. The van der Waals surface area contributed by atoms with E-state index in [0.29, 0.717) is 16.7 Å². The second-order valence-electron chi connectivity index (χ2n) is 7.79. The summed E-state index contributed by atoms with van der Waals surface area (Å²) in [5, 5.41) is 11.4. The molecule has 2 heterocycles. The van der Waals surface area contributed by atoms with Gasteiger partial charge in [0.2, 0.25) is 5.91 Å². The number of rotatable bonds is 7. The molecule has 0 saturated carbocycles. The molecule has 0 spiro atoms. The van der Waals surface area contributed by atoms with Crippen LogP contribution in [0.3, 0.4) is 0 Å². The van der Waals surface area contributed by atoms with Gasteiger partial charge < -0.3 is 15.0 Å². The molecule has 2 aromatic rings. The van der Waals surface area contributed by atoms with Gasteiger partial charge in [-0.3, -0.25) is 14.6 Å². The van der Waals surface area contributed by atoms with Gasteiger partial charge in [-0.25, -0.2) is 8.78 Å². The minimum atomic E-state index is -4.82. The van der Waals surface area contributed by atoms with Crippen LogP contribution in [0.4, 0.5) is 22.0 Å². The summed E-state index contributed by atoms with van der Waals surface area (Å²) in [5.74, 6) is -5.05. The van der Waals surface area contributed by atoms with E-state index in [4.69, 9.17) is 5.26 Å². The number of hydrogen-bond donors (Lipinski definition) is 1. The molecule has 7 nitrogen and oxygen atoms in total. The Balaban J connectivity index is 1.64. The lowest BCUT2D eigenvalue weighted by molar-refractivity contribution is -0.274. The van der Waals surface area contributed by atoms with Crippen LogP contribution in [0.2, 0.25) is 0 Å². The van der Waals surface area contributed by atoms with Crippen molar-refractivity contribution in [1.82, 2.24) is 15.2 Å². The van der Waals surface area contributed by atoms with E-state index in [1.54, 1.807) is 6.07 Å². The maximum atomic E-state index is 13.6. The predicted octanol–water partition coefficient (Wildman–Crippen LogP) is 3.73. The Hall–Kier alpha value is -4.01. The van der Waals surface area contributed by atoms with Gasteiger partial charge >= 0.3 is 6.36 Å². The Morgan fingerprint density at radius 3 is 2.57 bits per heavy atom. The number of hydrogen-bond acceptors (Lipinski definition) is 5. The number of aromatic nitrogens is 1. The normalized spacial score (nSPS) is 16.9. The lowest BCUT2D eigenvalue weighted by atomic mass is 9.97. The number of benzene rings is 1. The number of likely N-dealkylation sites (tertiary alicyclic amines) is 1. The molecule has 1 aliphatic rings. The van der Waals surface area contributed by atoms with Crippen molar-refractivity contribution in [3.8, 4) is 11.8 Å². The van der Waals surface area contributed by atoms with E-state index in [1.165, 1.54) is 30.6 Å². The third-order valence-electron chi connectivity index (χ3n) is 5.19. The molecule has 1 saturated heterocycles. The van der Waals surface area contributed by atoms with Crippen LogP contribution in [-0.2, 0) is 11.2 Å². The molecule has 184 valence electrons. The largest absolute Gasteiger partial charge is 0.573 e. The van der Waals surface area contributed by atoms with E-state index in [-0.39, 0.29) is 12.0 Å². The van der Waals surface area contributed by atoms with Crippen molar-refractivity contribution in [2.45, 2.75) is 31.2 Å². The zero-order chi connectivity index (χ0) is 25.8. The Bertz CT molecular complexity index is 1160. The molecule has 0 radical (unpaired) electrons. The molecule has 0 aliphatic carbocycles. The summed E-state index contributed by atoms with van der Waals surface area (Å²) in [6.07, 6.45) is -2.72. The summed E-state index contributed by atoms with van der Waals surface area (Å²) < 4.78 is 67.9. The van der Waals surface area contributed by atoms with Crippen molar-refractivity contribution in [2.24, 2.45) is 0 Å².